The number of fused-ring (bicyclic) bond motifs is 8. The van der Waals surface area contributed by atoms with Crippen LogP contribution in [0.2, 0.25) is 0 Å². The van der Waals surface area contributed by atoms with Crippen molar-refractivity contribution in [2.75, 3.05) is 37.7 Å². The Bertz CT molecular complexity index is 2660. The van der Waals surface area contributed by atoms with Crippen molar-refractivity contribution in [2.24, 2.45) is 4.99 Å². The molecule has 0 bridgehead atoms. The number of rotatable bonds is 14. The second kappa shape index (κ2) is 18.7. The van der Waals surface area contributed by atoms with Gasteiger partial charge in [0.2, 0.25) is 0 Å². The summed E-state index contributed by atoms with van der Waals surface area (Å²) in [6.45, 7) is 0.751. The quantitative estimate of drug-likeness (QED) is 0.0659. The first-order chi connectivity index (χ1) is 31.3. The highest BCUT2D eigenvalue weighted by Gasteiger charge is 2.36. The lowest BCUT2D eigenvalue weighted by Crippen LogP contribution is -2.37. The monoisotopic (exact) mass is 860 g/mol. The molecule has 0 spiro atoms. The molecule has 0 aliphatic carbocycles. The minimum Gasteiger partial charge on any atom is -0.494 e. The first kappa shape index (κ1) is 42.2. The van der Waals surface area contributed by atoms with Crippen LogP contribution in [0.15, 0.2) is 108 Å². The van der Waals surface area contributed by atoms with Gasteiger partial charge >= 0.3 is 5.97 Å². The van der Waals surface area contributed by atoms with Crippen molar-refractivity contribution in [3.05, 3.63) is 142 Å². The van der Waals surface area contributed by atoms with E-state index in [2.05, 4.69) is 24.3 Å². The maximum atomic E-state index is 14.4. The number of nitrogens with one attached hydrogen (secondary N) is 1. The van der Waals surface area contributed by atoms with E-state index in [0.717, 1.165) is 59.3 Å². The highest BCUT2D eigenvalue weighted by molar-refractivity contribution is 6.16. The van der Waals surface area contributed by atoms with Crippen LogP contribution in [0.25, 0.3) is 0 Å². The Morgan fingerprint density at radius 2 is 1.38 bits per heavy atom. The molecule has 1 amide bonds. The maximum Gasteiger partial charge on any atom is 0.305 e. The Labute approximate surface area is 373 Å². The number of para-hydroxylation sites is 2. The average Bonchev–Trinajstić information content (AvgIpc) is 3.85. The molecule has 0 aromatic heterocycles. The smallest absolute Gasteiger partial charge is 0.305 e. The number of amides is 1. The van der Waals surface area contributed by atoms with Crippen LogP contribution < -0.4 is 33.5 Å². The maximum absolute atomic E-state index is 14.4. The number of hydrogen-bond donors (Lipinski definition) is 1. The van der Waals surface area contributed by atoms with Crippen molar-refractivity contribution < 1.29 is 38.0 Å². The van der Waals surface area contributed by atoms with Gasteiger partial charge in [0.05, 0.1) is 45.7 Å². The molecule has 0 saturated carbocycles. The van der Waals surface area contributed by atoms with E-state index in [1.54, 1.807) is 14.2 Å². The van der Waals surface area contributed by atoms with E-state index in [-0.39, 0.29) is 37.2 Å². The summed E-state index contributed by atoms with van der Waals surface area (Å²) < 4.78 is 35.8. The van der Waals surface area contributed by atoms with E-state index in [1.165, 1.54) is 12.7 Å². The molecule has 4 heterocycles. The van der Waals surface area contributed by atoms with Crippen LogP contribution in [-0.2, 0) is 42.0 Å². The molecule has 328 valence electrons. The molecule has 2 atom stereocenters. The van der Waals surface area contributed by atoms with Gasteiger partial charge in [-0.25, -0.2) is 0 Å². The minimum absolute atomic E-state index is 0.0454. The van der Waals surface area contributed by atoms with Crippen LogP contribution in [0.3, 0.4) is 0 Å². The summed E-state index contributed by atoms with van der Waals surface area (Å²) in [5.41, 5.74) is 8.79. The van der Waals surface area contributed by atoms with Gasteiger partial charge in [0, 0.05) is 47.6 Å². The predicted molar refractivity (Wildman–Crippen MR) is 247 cm³/mol. The van der Waals surface area contributed by atoms with Crippen LogP contribution in [0, 0.1) is 5.41 Å². The molecule has 5 aromatic carbocycles. The first-order valence-electron chi connectivity index (χ1n) is 21.9. The predicted octanol–water partition coefficient (Wildman–Crippen LogP) is 9.52. The van der Waals surface area contributed by atoms with E-state index in [9.17, 15) is 15.0 Å². The lowest BCUT2D eigenvalue weighted by molar-refractivity contribution is -0.140. The number of carbonyl (C=O) groups excluding carboxylic acids is 2. The van der Waals surface area contributed by atoms with Gasteiger partial charge < -0.3 is 38.2 Å². The summed E-state index contributed by atoms with van der Waals surface area (Å²) >= 11 is 0. The molecule has 4 aliphatic heterocycles. The van der Waals surface area contributed by atoms with Crippen molar-refractivity contribution in [1.29, 1.82) is 5.41 Å². The molecule has 0 radical (unpaired) electrons. The largest absolute Gasteiger partial charge is 0.494 e. The zero-order valence-corrected chi connectivity index (χ0v) is 36.4. The number of benzene rings is 5. The van der Waals surface area contributed by atoms with Gasteiger partial charge in [-0.2, -0.15) is 0 Å². The molecular weight excluding hydrogens is 809 g/mol. The zero-order valence-electron chi connectivity index (χ0n) is 36.4. The van der Waals surface area contributed by atoms with Crippen LogP contribution in [-0.4, -0.2) is 63.9 Å². The molecule has 0 fully saturated rings. The number of amidine groups is 1. The third-order valence-electron chi connectivity index (χ3n) is 12.3. The van der Waals surface area contributed by atoms with Gasteiger partial charge in [-0.05, 0) is 115 Å². The van der Waals surface area contributed by atoms with E-state index in [0.29, 0.717) is 83.7 Å². The number of hydrogen-bond acceptors (Lipinski definition) is 10. The molecule has 5 aromatic rings. The van der Waals surface area contributed by atoms with Gasteiger partial charge in [0.15, 0.2) is 23.0 Å². The van der Waals surface area contributed by atoms with Crippen molar-refractivity contribution in [1.82, 2.24) is 0 Å². The molecule has 12 nitrogen and oxygen atoms in total. The number of methoxy groups -OCH3 is 3. The van der Waals surface area contributed by atoms with Gasteiger partial charge in [0.25, 0.3) is 5.91 Å². The molecule has 12 heteroatoms. The number of carbonyl (C=O) groups is 2. The lowest BCUT2D eigenvalue weighted by Gasteiger charge is -2.26. The summed E-state index contributed by atoms with van der Waals surface area (Å²) in [4.78, 5) is 34.9. The summed E-state index contributed by atoms with van der Waals surface area (Å²) in [5.74, 6) is 2.68. The molecule has 9 rings (SSSR count). The summed E-state index contributed by atoms with van der Waals surface area (Å²) in [6, 6.07) is 29.5. The molecule has 1 N–H and O–H groups in total. The number of unbranched alkanes of at least 4 members (excludes halogenated alkanes) is 1. The topological polar surface area (TPSA) is 132 Å². The fourth-order valence-electron chi connectivity index (χ4n) is 9.10. The van der Waals surface area contributed by atoms with Gasteiger partial charge in [0.1, 0.15) is 24.8 Å². The van der Waals surface area contributed by atoms with Crippen molar-refractivity contribution in [3.8, 4) is 28.7 Å². The standard InChI is InChI=1S/C52H52N4O8/c1-59-46-27-41-35(13-5-4-6-16-38-24-36-14-8-10-18-45(36)56(38)52(41)58)26-48(46)63-31-33-21-34(23-40(22-33)62-20-12-11-19-50(57)61-3)32-64-49-29-43-42(28-47(49)60-2)51(53)55-39(30-54-43)25-37-15-7-9-17-44(37)55/h6-10,14-18,21-23,26-30,38-39,53H,4-5,11-13,19-20,24-25,31-32H2,1-3H3. The summed E-state index contributed by atoms with van der Waals surface area (Å²) in [6.07, 6.45) is 12.0. The second-order valence-corrected chi connectivity index (χ2v) is 16.4. The Morgan fingerprint density at radius 1 is 0.719 bits per heavy atom. The molecular formula is C52H52N4O8. The van der Waals surface area contributed by atoms with Crippen molar-refractivity contribution in [2.45, 2.75) is 76.7 Å². The fraction of sp³-hybridized carbons (Fsp3) is 0.308. The van der Waals surface area contributed by atoms with E-state index in [4.69, 9.17) is 33.4 Å². The van der Waals surface area contributed by atoms with Gasteiger partial charge in [-0.3, -0.25) is 20.0 Å². The summed E-state index contributed by atoms with van der Waals surface area (Å²) in [5, 5.41) is 9.25. The number of aryl methyl sites for hydroxylation is 1. The lowest BCUT2D eigenvalue weighted by atomic mass is 9.98. The molecule has 0 saturated heterocycles. The minimum atomic E-state index is -0.248. The van der Waals surface area contributed by atoms with E-state index < -0.39 is 0 Å². The third kappa shape index (κ3) is 8.64. The van der Waals surface area contributed by atoms with Crippen molar-refractivity contribution >= 4 is 41.0 Å². The average molecular weight is 861 g/mol. The Balaban J connectivity index is 0.962. The number of nitrogens with zero attached hydrogens (tertiary/aromatic N) is 3. The van der Waals surface area contributed by atoms with E-state index in [1.807, 2.05) is 94.9 Å². The molecule has 64 heavy (non-hydrogen) atoms. The Hall–Kier alpha value is -7.08. The number of ether oxygens (including phenoxy) is 6. The first-order valence-corrected chi connectivity index (χ1v) is 21.9. The molecule has 2 unspecified atom stereocenters. The number of esters is 1. The summed E-state index contributed by atoms with van der Waals surface area (Å²) in [7, 11) is 4.57. The van der Waals surface area contributed by atoms with Crippen LogP contribution in [0.1, 0.15) is 75.8 Å². The second-order valence-electron chi connectivity index (χ2n) is 16.4. The Morgan fingerprint density at radius 3 is 2.08 bits per heavy atom. The number of allylic oxidation sites excluding steroid dienone is 1. The Kier molecular flexibility index (Phi) is 12.4. The van der Waals surface area contributed by atoms with E-state index >= 15 is 0 Å². The number of aliphatic imine (C=N–C) groups is 1. The SMILES string of the molecule is COC(=O)CCCCOc1cc(COc2cc3c(cc2OC)C(=O)N2c4ccccc4CC2C=CCCC3)cc(COc2cc3c(cc2OC)C(=N)N2c4ccccc4CC2C=N3)c1. The van der Waals surface area contributed by atoms with Crippen LogP contribution >= 0.6 is 0 Å². The normalized spacial score (nSPS) is 17.0. The molecule has 4 aliphatic rings. The third-order valence-corrected chi connectivity index (χ3v) is 12.3. The number of anilines is 2. The highest BCUT2D eigenvalue weighted by atomic mass is 16.5. The zero-order chi connectivity index (χ0) is 44.2. The van der Waals surface area contributed by atoms with Gasteiger partial charge in [-0.1, -0.05) is 48.6 Å². The van der Waals surface area contributed by atoms with Crippen molar-refractivity contribution in [3.63, 3.8) is 0 Å². The van der Waals surface area contributed by atoms with Gasteiger partial charge in [-0.15, -0.1) is 0 Å². The van der Waals surface area contributed by atoms with Crippen LogP contribution in [0.4, 0.5) is 17.1 Å². The van der Waals surface area contributed by atoms with Crippen LogP contribution in [0.5, 0.6) is 28.7 Å². The fourth-order valence-corrected chi connectivity index (χ4v) is 9.10. The highest BCUT2D eigenvalue weighted by Crippen LogP contribution is 2.42.